The largest absolute Gasteiger partial charge is 0.316 e. The Morgan fingerprint density at radius 1 is 1.50 bits per heavy atom. The summed E-state index contributed by atoms with van der Waals surface area (Å²) in [4.78, 5) is 5.25. The monoisotopic (exact) mass is 289 g/mol. The van der Waals surface area contributed by atoms with E-state index in [9.17, 15) is 8.42 Å². The van der Waals surface area contributed by atoms with E-state index in [1.165, 1.54) is 11.3 Å². The zero-order chi connectivity index (χ0) is 13.2. The summed E-state index contributed by atoms with van der Waals surface area (Å²) in [7, 11) is -3.28. The fourth-order valence-corrected chi connectivity index (χ4v) is 4.58. The van der Waals surface area contributed by atoms with Crippen LogP contribution in [0.1, 0.15) is 23.4 Å². The third-order valence-corrected chi connectivity index (χ3v) is 5.66. The van der Waals surface area contributed by atoms with Crippen molar-refractivity contribution in [2.45, 2.75) is 26.7 Å². The van der Waals surface area contributed by atoms with Gasteiger partial charge in [0, 0.05) is 4.88 Å². The molecule has 1 aromatic heterocycles. The topological polar surface area (TPSA) is 71.1 Å². The van der Waals surface area contributed by atoms with E-state index < -0.39 is 10.0 Å². The van der Waals surface area contributed by atoms with E-state index in [4.69, 9.17) is 0 Å². The number of anilines is 1. The molecule has 1 aliphatic rings. The summed E-state index contributed by atoms with van der Waals surface area (Å²) in [5.74, 6) is 0.385. The Kier molecular flexibility index (Phi) is 4.24. The lowest BCUT2D eigenvalue weighted by Gasteiger charge is -2.22. The van der Waals surface area contributed by atoms with Crippen LogP contribution in [0.25, 0.3) is 0 Å². The molecule has 1 atom stereocenters. The quantitative estimate of drug-likeness (QED) is 0.881. The zero-order valence-corrected chi connectivity index (χ0v) is 12.3. The minimum Gasteiger partial charge on any atom is -0.316 e. The van der Waals surface area contributed by atoms with Crippen LogP contribution in [-0.4, -0.2) is 32.2 Å². The van der Waals surface area contributed by atoms with Gasteiger partial charge in [-0.25, -0.2) is 13.4 Å². The number of rotatable bonds is 4. The van der Waals surface area contributed by atoms with Crippen molar-refractivity contribution in [2.75, 3.05) is 23.6 Å². The Balaban J connectivity index is 1.98. The van der Waals surface area contributed by atoms with E-state index in [0.717, 1.165) is 36.5 Å². The van der Waals surface area contributed by atoms with Crippen molar-refractivity contribution >= 4 is 26.5 Å². The third kappa shape index (κ3) is 3.66. The highest BCUT2D eigenvalue weighted by molar-refractivity contribution is 7.92. The molecule has 7 heteroatoms. The fraction of sp³-hybridized carbons (Fsp3) is 0.727. The standard InChI is InChI=1S/C11H19N3O2S2/c1-8-9(2)17-11(13-8)14-18(15,16)7-10-4-3-5-12-6-10/h10,12H,3-7H2,1-2H3,(H,13,14). The van der Waals surface area contributed by atoms with Gasteiger partial charge in [-0.05, 0) is 45.7 Å². The van der Waals surface area contributed by atoms with Gasteiger partial charge in [-0.3, -0.25) is 4.72 Å². The molecule has 0 saturated carbocycles. The fourth-order valence-electron chi connectivity index (χ4n) is 2.07. The SMILES string of the molecule is Cc1nc(NS(=O)(=O)CC2CCCNC2)sc1C. The minimum atomic E-state index is -3.28. The van der Waals surface area contributed by atoms with Crippen LogP contribution in [0.3, 0.4) is 0 Å². The van der Waals surface area contributed by atoms with Gasteiger partial charge >= 0.3 is 0 Å². The van der Waals surface area contributed by atoms with Gasteiger partial charge in [0.25, 0.3) is 0 Å². The number of hydrogen-bond acceptors (Lipinski definition) is 5. The number of hydrogen-bond donors (Lipinski definition) is 2. The second-order valence-corrected chi connectivity index (χ2v) is 7.73. The van der Waals surface area contributed by atoms with Crippen LogP contribution in [0.2, 0.25) is 0 Å². The zero-order valence-electron chi connectivity index (χ0n) is 10.7. The van der Waals surface area contributed by atoms with Gasteiger partial charge in [-0.2, -0.15) is 0 Å². The van der Waals surface area contributed by atoms with E-state index in [0.29, 0.717) is 5.13 Å². The molecule has 2 heterocycles. The maximum absolute atomic E-state index is 12.0. The third-order valence-electron chi connectivity index (χ3n) is 3.13. The summed E-state index contributed by atoms with van der Waals surface area (Å²) in [6.07, 6.45) is 2.03. The second-order valence-electron chi connectivity index (χ2n) is 4.76. The molecular weight excluding hydrogens is 270 g/mol. The average molecular weight is 289 g/mol. The first-order valence-corrected chi connectivity index (χ1v) is 8.58. The number of sulfonamides is 1. The van der Waals surface area contributed by atoms with Gasteiger partial charge in [0.2, 0.25) is 10.0 Å². The Bertz CT molecular complexity index is 485. The second kappa shape index (κ2) is 5.54. The van der Waals surface area contributed by atoms with Gasteiger partial charge < -0.3 is 5.32 Å². The Morgan fingerprint density at radius 3 is 2.83 bits per heavy atom. The molecule has 0 aromatic carbocycles. The van der Waals surface area contributed by atoms with Crippen molar-refractivity contribution in [3.63, 3.8) is 0 Å². The number of aromatic nitrogens is 1. The Hall–Kier alpha value is -0.660. The molecule has 1 saturated heterocycles. The number of aryl methyl sites for hydroxylation is 2. The first-order chi connectivity index (χ1) is 8.46. The first kappa shape index (κ1) is 13.8. The summed E-state index contributed by atoms with van der Waals surface area (Å²) in [5, 5.41) is 3.71. The summed E-state index contributed by atoms with van der Waals surface area (Å²) in [5.41, 5.74) is 0.886. The van der Waals surface area contributed by atoms with Crippen molar-refractivity contribution in [1.29, 1.82) is 0 Å². The molecule has 0 amide bonds. The van der Waals surface area contributed by atoms with Crippen molar-refractivity contribution in [1.82, 2.24) is 10.3 Å². The molecular formula is C11H19N3O2S2. The molecule has 0 aliphatic carbocycles. The molecule has 0 bridgehead atoms. The van der Waals surface area contributed by atoms with Gasteiger partial charge in [0.05, 0.1) is 11.4 Å². The maximum atomic E-state index is 12.0. The minimum absolute atomic E-state index is 0.178. The lowest BCUT2D eigenvalue weighted by atomic mass is 10.0. The van der Waals surface area contributed by atoms with Crippen LogP contribution < -0.4 is 10.0 Å². The van der Waals surface area contributed by atoms with Gasteiger partial charge in [0.15, 0.2) is 5.13 Å². The molecule has 2 rings (SSSR count). The Morgan fingerprint density at radius 2 is 2.28 bits per heavy atom. The van der Waals surface area contributed by atoms with Crippen LogP contribution >= 0.6 is 11.3 Å². The average Bonchev–Trinajstić information content (AvgIpc) is 2.57. The summed E-state index contributed by atoms with van der Waals surface area (Å²) in [6, 6.07) is 0. The van der Waals surface area contributed by atoms with Crippen LogP contribution in [0.15, 0.2) is 0 Å². The highest BCUT2D eigenvalue weighted by atomic mass is 32.2. The van der Waals surface area contributed by atoms with Crippen LogP contribution in [0.5, 0.6) is 0 Å². The van der Waals surface area contributed by atoms with Crippen molar-refractivity contribution < 1.29 is 8.42 Å². The molecule has 18 heavy (non-hydrogen) atoms. The summed E-state index contributed by atoms with van der Waals surface area (Å²) >= 11 is 1.39. The van der Waals surface area contributed by atoms with Gasteiger partial charge in [-0.1, -0.05) is 0 Å². The number of piperidine rings is 1. The smallest absolute Gasteiger partial charge is 0.234 e. The van der Waals surface area contributed by atoms with Crippen molar-refractivity contribution in [2.24, 2.45) is 5.92 Å². The maximum Gasteiger partial charge on any atom is 0.234 e. The predicted octanol–water partition coefficient (Wildman–Crippen LogP) is 1.50. The van der Waals surface area contributed by atoms with Crippen molar-refractivity contribution in [3.05, 3.63) is 10.6 Å². The lowest BCUT2D eigenvalue weighted by molar-refractivity contribution is 0.404. The predicted molar refractivity (Wildman–Crippen MR) is 74.6 cm³/mol. The molecule has 1 unspecified atom stereocenters. The molecule has 5 nitrogen and oxygen atoms in total. The van der Waals surface area contributed by atoms with Crippen molar-refractivity contribution in [3.8, 4) is 0 Å². The first-order valence-electron chi connectivity index (χ1n) is 6.11. The summed E-state index contributed by atoms with van der Waals surface area (Å²) < 4.78 is 26.6. The molecule has 1 aliphatic heterocycles. The number of thiazole rings is 1. The molecule has 0 spiro atoms. The van der Waals surface area contributed by atoms with Gasteiger partial charge in [0.1, 0.15) is 0 Å². The molecule has 102 valence electrons. The number of nitrogens with one attached hydrogen (secondary N) is 2. The van der Waals surface area contributed by atoms with E-state index in [2.05, 4.69) is 15.0 Å². The van der Waals surface area contributed by atoms with E-state index >= 15 is 0 Å². The van der Waals surface area contributed by atoms with Crippen LogP contribution in [-0.2, 0) is 10.0 Å². The lowest BCUT2D eigenvalue weighted by Crippen LogP contribution is -2.35. The van der Waals surface area contributed by atoms with E-state index in [-0.39, 0.29) is 11.7 Å². The van der Waals surface area contributed by atoms with E-state index in [1.807, 2.05) is 13.8 Å². The van der Waals surface area contributed by atoms with E-state index in [1.54, 1.807) is 0 Å². The Labute approximate surface area is 112 Å². The highest BCUT2D eigenvalue weighted by Gasteiger charge is 2.22. The normalized spacial score (nSPS) is 20.9. The molecule has 1 fully saturated rings. The molecule has 2 N–H and O–H groups in total. The molecule has 0 radical (unpaired) electrons. The number of nitrogens with zero attached hydrogens (tertiary/aromatic N) is 1. The van der Waals surface area contributed by atoms with Gasteiger partial charge in [-0.15, -0.1) is 11.3 Å². The summed E-state index contributed by atoms with van der Waals surface area (Å²) in [6.45, 7) is 5.61. The highest BCUT2D eigenvalue weighted by Crippen LogP contribution is 2.23. The van der Waals surface area contributed by atoms with Crippen LogP contribution in [0.4, 0.5) is 5.13 Å². The molecule has 1 aromatic rings. The van der Waals surface area contributed by atoms with Crippen LogP contribution in [0, 0.1) is 19.8 Å².